The predicted octanol–water partition coefficient (Wildman–Crippen LogP) is 5.56. The maximum atomic E-state index is 13.3. The van der Waals surface area contributed by atoms with Crippen LogP contribution in [0.1, 0.15) is 47.5 Å². The average molecular weight is 447 g/mol. The molecule has 0 fully saturated rings. The number of rotatable bonds is 7. The number of nitrogens with one attached hydrogen (secondary N) is 1. The van der Waals surface area contributed by atoms with E-state index in [2.05, 4.69) is 40.8 Å². The van der Waals surface area contributed by atoms with Crippen LogP contribution in [0.5, 0.6) is 0 Å². The fourth-order valence-corrected chi connectivity index (χ4v) is 4.18. The summed E-state index contributed by atoms with van der Waals surface area (Å²) < 4.78 is 2.09. The van der Waals surface area contributed by atoms with Gasteiger partial charge in [-0.3, -0.25) is 9.78 Å². The van der Waals surface area contributed by atoms with Crippen LogP contribution in [0.15, 0.2) is 60.9 Å². The minimum absolute atomic E-state index is 0.0257. The number of aromatic nitrogens is 3. The number of hydrogen-bond acceptors (Lipinski definition) is 3. The Hall–Kier alpha value is -3.18. The van der Waals surface area contributed by atoms with Crippen LogP contribution in [-0.4, -0.2) is 20.4 Å². The zero-order valence-electron chi connectivity index (χ0n) is 18.6. The van der Waals surface area contributed by atoms with Crippen LogP contribution >= 0.6 is 11.6 Å². The molecule has 0 radical (unpaired) electrons. The summed E-state index contributed by atoms with van der Waals surface area (Å²) >= 11 is 6.45. The maximum absolute atomic E-state index is 13.3. The van der Waals surface area contributed by atoms with E-state index in [0.717, 1.165) is 28.0 Å². The molecular formula is C26H27ClN4O. The fraction of sp³-hybridized carbons (Fsp3) is 0.269. The third-order valence-electron chi connectivity index (χ3n) is 5.90. The number of halogens is 1. The summed E-state index contributed by atoms with van der Waals surface area (Å²) in [5.41, 5.74) is 6.24. The number of hydrogen-bond donors (Lipinski definition) is 1. The zero-order chi connectivity index (χ0) is 22.7. The molecule has 0 aliphatic heterocycles. The van der Waals surface area contributed by atoms with E-state index in [1.54, 1.807) is 12.4 Å². The monoisotopic (exact) mass is 446 g/mol. The highest BCUT2D eigenvalue weighted by atomic mass is 35.5. The van der Waals surface area contributed by atoms with E-state index >= 15 is 0 Å². The number of pyridine rings is 1. The predicted molar refractivity (Wildman–Crippen MR) is 129 cm³/mol. The van der Waals surface area contributed by atoms with E-state index in [1.165, 1.54) is 11.1 Å². The number of carbonyl (C=O) groups excluding carboxylic acids is 1. The quantitative estimate of drug-likeness (QED) is 0.404. The summed E-state index contributed by atoms with van der Waals surface area (Å²) in [5.74, 6) is 0.811. The molecule has 0 aliphatic carbocycles. The highest BCUT2D eigenvalue weighted by Gasteiger charge is 2.25. The van der Waals surface area contributed by atoms with Gasteiger partial charge in [-0.05, 0) is 72.9 Å². The fourth-order valence-electron chi connectivity index (χ4n) is 3.98. The first-order valence-corrected chi connectivity index (χ1v) is 11.2. The van der Waals surface area contributed by atoms with Crippen LogP contribution < -0.4 is 5.32 Å². The second-order valence-electron chi connectivity index (χ2n) is 8.09. The molecule has 0 aliphatic rings. The molecule has 0 unspecified atom stereocenters. The van der Waals surface area contributed by atoms with Crippen molar-refractivity contribution in [1.29, 1.82) is 0 Å². The molecule has 1 atom stereocenters. The van der Waals surface area contributed by atoms with Crippen LogP contribution in [0.25, 0.3) is 11.0 Å². The van der Waals surface area contributed by atoms with Gasteiger partial charge < -0.3 is 9.88 Å². The van der Waals surface area contributed by atoms with Crippen molar-refractivity contribution in [2.24, 2.45) is 0 Å². The topological polar surface area (TPSA) is 59.8 Å². The molecule has 2 heterocycles. The van der Waals surface area contributed by atoms with E-state index < -0.39 is 0 Å². The molecule has 0 spiro atoms. The summed E-state index contributed by atoms with van der Waals surface area (Å²) in [4.78, 5) is 22.3. The second-order valence-corrected chi connectivity index (χ2v) is 8.50. The third kappa shape index (κ3) is 4.53. The number of amides is 1. The molecule has 2 aromatic carbocycles. The van der Waals surface area contributed by atoms with Crippen molar-refractivity contribution in [3.8, 4) is 0 Å². The number of aryl methyl sites for hydroxylation is 2. The van der Waals surface area contributed by atoms with Gasteiger partial charge in [-0.2, -0.15) is 0 Å². The Morgan fingerprint density at radius 3 is 2.53 bits per heavy atom. The Morgan fingerprint density at radius 1 is 1.09 bits per heavy atom. The van der Waals surface area contributed by atoms with Gasteiger partial charge in [-0.25, -0.2) is 4.98 Å². The summed E-state index contributed by atoms with van der Waals surface area (Å²) in [6, 6.07) is 15.5. The molecule has 1 N–H and O–H groups in total. The molecule has 6 heteroatoms. The molecule has 0 bridgehead atoms. The van der Waals surface area contributed by atoms with Gasteiger partial charge in [-0.1, -0.05) is 36.7 Å². The summed E-state index contributed by atoms with van der Waals surface area (Å²) in [6.45, 7) is 6.66. The molecule has 0 saturated heterocycles. The van der Waals surface area contributed by atoms with Gasteiger partial charge in [0.25, 0.3) is 0 Å². The lowest BCUT2D eigenvalue weighted by molar-refractivity contribution is -0.124. The average Bonchev–Trinajstić information content (AvgIpc) is 3.12. The molecule has 5 nitrogen and oxygen atoms in total. The van der Waals surface area contributed by atoms with Gasteiger partial charge in [0.15, 0.2) is 0 Å². The number of nitrogens with zero attached hydrogens (tertiary/aromatic N) is 3. The first-order valence-electron chi connectivity index (χ1n) is 10.9. The van der Waals surface area contributed by atoms with Gasteiger partial charge in [0, 0.05) is 30.4 Å². The number of imidazole rings is 1. The van der Waals surface area contributed by atoms with Crippen molar-refractivity contribution in [1.82, 2.24) is 19.9 Å². The third-order valence-corrected chi connectivity index (χ3v) is 6.27. The van der Waals surface area contributed by atoms with Crippen molar-refractivity contribution in [2.45, 2.75) is 46.2 Å². The number of carbonyl (C=O) groups is 1. The SMILES string of the molecule is CC[C@@H](C(=O)NCc1ccncc1)n1c(Cc2ccccc2Cl)nc2cc(C)c(C)cc21. The lowest BCUT2D eigenvalue weighted by atomic mass is 10.1. The maximum Gasteiger partial charge on any atom is 0.243 e. The number of benzene rings is 2. The Balaban J connectivity index is 1.74. The first kappa shape index (κ1) is 22.0. The molecule has 4 aromatic rings. The Kier molecular flexibility index (Phi) is 6.56. The van der Waals surface area contributed by atoms with E-state index in [0.29, 0.717) is 24.4 Å². The molecule has 4 rings (SSSR count). The standard InChI is InChI=1S/C26H27ClN4O/c1-4-23(26(32)29-16-19-9-11-28-12-10-19)31-24-14-18(3)17(2)13-22(24)30-25(31)15-20-7-5-6-8-21(20)27/h5-14,23H,4,15-16H2,1-3H3,(H,29,32)/t23-/m0/s1. The van der Waals surface area contributed by atoms with Crippen LogP contribution in [0.4, 0.5) is 0 Å². The molecule has 0 saturated carbocycles. The molecule has 164 valence electrons. The lowest BCUT2D eigenvalue weighted by Gasteiger charge is -2.21. The highest BCUT2D eigenvalue weighted by molar-refractivity contribution is 6.31. The highest BCUT2D eigenvalue weighted by Crippen LogP contribution is 2.29. The smallest absolute Gasteiger partial charge is 0.243 e. The van der Waals surface area contributed by atoms with E-state index in [-0.39, 0.29) is 11.9 Å². The van der Waals surface area contributed by atoms with Gasteiger partial charge in [-0.15, -0.1) is 0 Å². The summed E-state index contributed by atoms with van der Waals surface area (Å²) in [5, 5.41) is 3.79. The van der Waals surface area contributed by atoms with E-state index in [4.69, 9.17) is 16.6 Å². The molecule has 1 amide bonds. The van der Waals surface area contributed by atoms with Crippen molar-refractivity contribution in [2.75, 3.05) is 0 Å². The van der Waals surface area contributed by atoms with Gasteiger partial charge in [0.2, 0.25) is 5.91 Å². The van der Waals surface area contributed by atoms with Crippen LogP contribution in [0, 0.1) is 13.8 Å². The molecule has 32 heavy (non-hydrogen) atoms. The van der Waals surface area contributed by atoms with Gasteiger partial charge in [0.1, 0.15) is 11.9 Å². The lowest BCUT2D eigenvalue weighted by Crippen LogP contribution is -2.32. The van der Waals surface area contributed by atoms with E-state index in [1.807, 2.05) is 43.3 Å². The summed E-state index contributed by atoms with van der Waals surface area (Å²) in [6.07, 6.45) is 4.67. The second kappa shape index (κ2) is 9.53. The Bertz CT molecular complexity index is 1250. The van der Waals surface area contributed by atoms with Crippen LogP contribution in [-0.2, 0) is 17.8 Å². The van der Waals surface area contributed by atoms with Crippen molar-refractivity contribution < 1.29 is 4.79 Å². The van der Waals surface area contributed by atoms with Crippen molar-refractivity contribution in [3.05, 3.63) is 94.0 Å². The largest absolute Gasteiger partial charge is 0.350 e. The molecular weight excluding hydrogens is 420 g/mol. The van der Waals surface area contributed by atoms with Gasteiger partial charge in [0.05, 0.1) is 11.0 Å². The minimum atomic E-state index is -0.374. The Labute approximate surface area is 193 Å². The summed E-state index contributed by atoms with van der Waals surface area (Å²) in [7, 11) is 0. The van der Waals surface area contributed by atoms with Crippen LogP contribution in [0.2, 0.25) is 5.02 Å². The molecule has 2 aromatic heterocycles. The van der Waals surface area contributed by atoms with Crippen LogP contribution in [0.3, 0.4) is 0 Å². The van der Waals surface area contributed by atoms with E-state index in [9.17, 15) is 4.79 Å². The van der Waals surface area contributed by atoms with Crippen molar-refractivity contribution >= 4 is 28.5 Å². The first-order chi connectivity index (χ1) is 15.5. The Morgan fingerprint density at radius 2 is 1.81 bits per heavy atom. The minimum Gasteiger partial charge on any atom is -0.350 e. The van der Waals surface area contributed by atoms with Gasteiger partial charge >= 0.3 is 0 Å². The normalized spacial score (nSPS) is 12.1. The zero-order valence-corrected chi connectivity index (χ0v) is 19.4. The van der Waals surface area contributed by atoms with Crippen molar-refractivity contribution in [3.63, 3.8) is 0 Å². The number of fused-ring (bicyclic) bond motifs is 1.